The minimum atomic E-state index is 0.562. The summed E-state index contributed by atoms with van der Waals surface area (Å²) in [5.74, 6) is 1.36. The molecule has 0 aliphatic carbocycles. The van der Waals surface area contributed by atoms with Gasteiger partial charge in [0.05, 0.1) is 12.1 Å². The molecule has 6 nitrogen and oxygen atoms in total. The summed E-state index contributed by atoms with van der Waals surface area (Å²) in [6.07, 6.45) is 1.86. The van der Waals surface area contributed by atoms with Crippen LogP contribution in [0.2, 0.25) is 0 Å². The van der Waals surface area contributed by atoms with E-state index in [9.17, 15) is 0 Å². The molecule has 3 heterocycles. The normalized spacial score (nSPS) is 16.1. The molecule has 2 N–H and O–H groups in total. The summed E-state index contributed by atoms with van der Waals surface area (Å²) in [5, 5.41) is 4.05. The quantitative estimate of drug-likeness (QED) is 0.794. The summed E-state index contributed by atoms with van der Waals surface area (Å²) in [4.78, 5) is 18.2. The van der Waals surface area contributed by atoms with E-state index in [1.807, 2.05) is 35.8 Å². The number of rotatable bonds is 3. The van der Waals surface area contributed by atoms with Crippen LogP contribution in [0.5, 0.6) is 0 Å². The number of benzene rings is 1. The molecule has 4 rings (SSSR count). The topological polar surface area (TPSA) is 71.2 Å². The zero-order valence-electron chi connectivity index (χ0n) is 12.7. The lowest BCUT2D eigenvalue weighted by Crippen LogP contribution is -2.46. The lowest BCUT2D eigenvalue weighted by Gasteiger charge is -2.34. The Labute approximate surface area is 138 Å². The number of nitrogens with zero attached hydrogens (tertiary/aromatic N) is 5. The molecule has 0 bridgehead atoms. The molecule has 7 heteroatoms. The molecule has 3 aromatic rings. The van der Waals surface area contributed by atoms with Crippen molar-refractivity contribution in [1.29, 1.82) is 0 Å². The Morgan fingerprint density at radius 2 is 1.91 bits per heavy atom. The van der Waals surface area contributed by atoms with Crippen LogP contribution in [0, 0.1) is 0 Å². The number of para-hydroxylation sites is 1. The van der Waals surface area contributed by atoms with Crippen LogP contribution in [0.25, 0.3) is 10.9 Å². The Kier molecular flexibility index (Phi) is 3.80. The van der Waals surface area contributed by atoms with Gasteiger partial charge in [0.2, 0.25) is 0 Å². The number of anilines is 2. The van der Waals surface area contributed by atoms with E-state index in [-0.39, 0.29) is 0 Å². The molecule has 2 aromatic heterocycles. The molecule has 0 radical (unpaired) electrons. The van der Waals surface area contributed by atoms with Gasteiger partial charge in [-0.25, -0.2) is 15.0 Å². The first-order chi connectivity index (χ1) is 11.3. The molecular weight excluding hydrogens is 308 g/mol. The van der Waals surface area contributed by atoms with Gasteiger partial charge in [0, 0.05) is 43.1 Å². The van der Waals surface area contributed by atoms with E-state index in [0.29, 0.717) is 5.82 Å². The molecule has 1 saturated heterocycles. The number of nitrogen functional groups attached to an aromatic ring is 1. The number of hydrogen-bond acceptors (Lipinski definition) is 7. The van der Waals surface area contributed by atoms with Gasteiger partial charge in [0.25, 0.3) is 0 Å². The number of nitrogens with two attached hydrogens (primary N) is 1. The molecule has 0 amide bonds. The highest BCUT2D eigenvalue weighted by atomic mass is 32.1. The molecule has 23 heavy (non-hydrogen) atoms. The van der Waals surface area contributed by atoms with Crippen molar-refractivity contribution in [3.8, 4) is 0 Å². The third kappa shape index (κ3) is 2.97. The summed E-state index contributed by atoms with van der Waals surface area (Å²) < 4.78 is 0. The molecule has 1 aliphatic rings. The van der Waals surface area contributed by atoms with Gasteiger partial charge in [0.15, 0.2) is 5.13 Å². The van der Waals surface area contributed by atoms with Crippen molar-refractivity contribution in [2.75, 3.05) is 36.8 Å². The zero-order valence-corrected chi connectivity index (χ0v) is 13.5. The van der Waals surface area contributed by atoms with E-state index >= 15 is 0 Å². The van der Waals surface area contributed by atoms with Crippen LogP contribution in [-0.4, -0.2) is 46.0 Å². The fourth-order valence-corrected chi connectivity index (χ4v) is 3.59. The molecule has 0 spiro atoms. The first kappa shape index (κ1) is 14.3. The SMILES string of the molecule is Nc1nc(CN2CCN(c3nccs3)CC2)nc2ccccc12. The second-order valence-corrected chi connectivity index (χ2v) is 6.49. The standard InChI is InChI=1S/C16H18N6S/c17-15-12-3-1-2-4-13(12)19-14(20-15)11-21-6-8-22(9-7-21)16-18-5-10-23-16/h1-5,10H,6-9,11H2,(H2,17,19,20). The molecule has 118 valence electrons. The highest BCUT2D eigenvalue weighted by Crippen LogP contribution is 2.20. The van der Waals surface area contributed by atoms with E-state index in [1.165, 1.54) is 0 Å². The Hall–Kier alpha value is -2.25. The second kappa shape index (κ2) is 6.10. The van der Waals surface area contributed by atoms with E-state index in [1.54, 1.807) is 11.3 Å². The Morgan fingerprint density at radius 1 is 1.09 bits per heavy atom. The smallest absolute Gasteiger partial charge is 0.185 e. The summed E-state index contributed by atoms with van der Waals surface area (Å²) in [5.41, 5.74) is 6.98. The summed E-state index contributed by atoms with van der Waals surface area (Å²) >= 11 is 1.69. The second-order valence-electron chi connectivity index (χ2n) is 5.62. The zero-order chi connectivity index (χ0) is 15.6. The van der Waals surface area contributed by atoms with Gasteiger partial charge in [-0.2, -0.15) is 0 Å². The van der Waals surface area contributed by atoms with Crippen molar-refractivity contribution in [1.82, 2.24) is 19.9 Å². The van der Waals surface area contributed by atoms with Crippen molar-refractivity contribution in [2.24, 2.45) is 0 Å². The first-order valence-electron chi connectivity index (χ1n) is 7.67. The number of piperazine rings is 1. The van der Waals surface area contributed by atoms with E-state index in [2.05, 4.69) is 24.8 Å². The number of hydrogen-bond donors (Lipinski definition) is 1. The molecule has 1 aromatic carbocycles. The molecular formula is C16H18N6S. The largest absolute Gasteiger partial charge is 0.383 e. The van der Waals surface area contributed by atoms with E-state index in [0.717, 1.165) is 54.6 Å². The third-order valence-corrected chi connectivity index (χ3v) is 4.94. The van der Waals surface area contributed by atoms with E-state index < -0.39 is 0 Å². The van der Waals surface area contributed by atoms with Gasteiger partial charge >= 0.3 is 0 Å². The Bertz CT molecular complexity index is 795. The Morgan fingerprint density at radius 3 is 2.70 bits per heavy atom. The lowest BCUT2D eigenvalue weighted by atomic mass is 10.2. The van der Waals surface area contributed by atoms with Crippen LogP contribution < -0.4 is 10.6 Å². The Balaban J connectivity index is 1.45. The van der Waals surface area contributed by atoms with Gasteiger partial charge in [-0.1, -0.05) is 12.1 Å². The van der Waals surface area contributed by atoms with Gasteiger partial charge in [-0.15, -0.1) is 11.3 Å². The van der Waals surface area contributed by atoms with Gasteiger partial charge in [0.1, 0.15) is 11.6 Å². The molecule has 1 fully saturated rings. The number of thiazole rings is 1. The molecule has 0 atom stereocenters. The van der Waals surface area contributed by atoms with Crippen molar-refractivity contribution in [3.05, 3.63) is 41.7 Å². The highest BCUT2D eigenvalue weighted by Gasteiger charge is 2.19. The minimum absolute atomic E-state index is 0.562. The maximum Gasteiger partial charge on any atom is 0.185 e. The molecule has 0 unspecified atom stereocenters. The van der Waals surface area contributed by atoms with Crippen molar-refractivity contribution in [2.45, 2.75) is 6.54 Å². The average Bonchev–Trinajstić information content (AvgIpc) is 3.10. The fraction of sp³-hybridized carbons (Fsp3) is 0.312. The maximum absolute atomic E-state index is 6.06. The van der Waals surface area contributed by atoms with Gasteiger partial charge in [-0.05, 0) is 12.1 Å². The van der Waals surface area contributed by atoms with Crippen LogP contribution in [0.3, 0.4) is 0 Å². The third-order valence-electron chi connectivity index (χ3n) is 4.11. The lowest BCUT2D eigenvalue weighted by molar-refractivity contribution is 0.244. The maximum atomic E-state index is 6.06. The van der Waals surface area contributed by atoms with E-state index in [4.69, 9.17) is 5.73 Å². The van der Waals surface area contributed by atoms with Crippen LogP contribution >= 0.6 is 11.3 Å². The summed E-state index contributed by atoms with van der Waals surface area (Å²) in [7, 11) is 0. The van der Waals surface area contributed by atoms with Gasteiger partial charge in [-0.3, -0.25) is 4.90 Å². The average molecular weight is 326 g/mol. The predicted octanol–water partition coefficient (Wildman–Crippen LogP) is 1.99. The van der Waals surface area contributed by atoms with Crippen molar-refractivity contribution >= 4 is 33.2 Å². The fourth-order valence-electron chi connectivity index (χ4n) is 2.89. The highest BCUT2D eigenvalue weighted by molar-refractivity contribution is 7.13. The number of fused-ring (bicyclic) bond motifs is 1. The van der Waals surface area contributed by atoms with Crippen molar-refractivity contribution in [3.63, 3.8) is 0 Å². The number of aromatic nitrogens is 3. The van der Waals surface area contributed by atoms with Crippen LogP contribution in [0.1, 0.15) is 5.82 Å². The van der Waals surface area contributed by atoms with Crippen LogP contribution in [0.15, 0.2) is 35.8 Å². The van der Waals surface area contributed by atoms with Gasteiger partial charge < -0.3 is 10.6 Å². The van der Waals surface area contributed by atoms with Crippen LogP contribution in [-0.2, 0) is 6.54 Å². The monoisotopic (exact) mass is 326 g/mol. The summed E-state index contributed by atoms with van der Waals surface area (Å²) in [6.45, 7) is 4.67. The first-order valence-corrected chi connectivity index (χ1v) is 8.55. The van der Waals surface area contributed by atoms with Crippen LogP contribution in [0.4, 0.5) is 10.9 Å². The summed E-state index contributed by atoms with van der Waals surface area (Å²) in [6, 6.07) is 7.88. The predicted molar refractivity (Wildman–Crippen MR) is 93.6 cm³/mol. The molecule has 1 aliphatic heterocycles. The minimum Gasteiger partial charge on any atom is -0.383 e. The molecule has 0 saturated carbocycles. The van der Waals surface area contributed by atoms with Crippen molar-refractivity contribution < 1.29 is 0 Å².